The first-order chi connectivity index (χ1) is 13.5. The predicted molar refractivity (Wildman–Crippen MR) is 111 cm³/mol. The minimum absolute atomic E-state index is 0.109. The van der Waals surface area contributed by atoms with Crippen LogP contribution in [0.15, 0.2) is 12.1 Å². The Morgan fingerprint density at radius 1 is 1.14 bits per heavy atom. The fourth-order valence-corrected chi connectivity index (χ4v) is 8.02. The van der Waals surface area contributed by atoms with Crippen LogP contribution in [-0.4, -0.2) is 29.8 Å². The second-order valence-corrected chi connectivity index (χ2v) is 11.2. The van der Waals surface area contributed by atoms with Crippen molar-refractivity contribution in [1.82, 2.24) is 10.2 Å². The van der Waals surface area contributed by atoms with E-state index in [2.05, 4.69) is 24.4 Å². The molecular formula is C23H32N2O2S. The summed E-state index contributed by atoms with van der Waals surface area (Å²) in [6.45, 7) is 3.46. The van der Waals surface area contributed by atoms with Gasteiger partial charge in [0.15, 0.2) is 0 Å². The van der Waals surface area contributed by atoms with Crippen LogP contribution in [0.1, 0.15) is 73.6 Å². The summed E-state index contributed by atoms with van der Waals surface area (Å²) >= 11 is 1.80. The van der Waals surface area contributed by atoms with Crippen LogP contribution in [-0.2, 0) is 9.59 Å². The number of nitrogens with one attached hydrogen (secondary N) is 1. The summed E-state index contributed by atoms with van der Waals surface area (Å²) in [5, 5.41) is 3.17. The van der Waals surface area contributed by atoms with Gasteiger partial charge in [-0.15, -0.1) is 11.3 Å². The number of amides is 2. The van der Waals surface area contributed by atoms with Gasteiger partial charge in [0.25, 0.3) is 0 Å². The van der Waals surface area contributed by atoms with Gasteiger partial charge in [-0.25, -0.2) is 0 Å². The van der Waals surface area contributed by atoms with Gasteiger partial charge in [-0.1, -0.05) is 0 Å². The standard InChI is InChI=1S/C23H32N2O2S/c1-15-4-5-20(28-15)19-3-2-8-25(19)21(26)6-7-24-22(27)23-12-16-9-17(13-23)11-18(10-16)14-23/h4-5,16-19H,2-3,6-14H2,1H3,(H,24,27). The molecule has 0 aromatic carbocycles. The van der Waals surface area contributed by atoms with Crippen molar-refractivity contribution in [2.24, 2.45) is 23.2 Å². The molecule has 1 unspecified atom stereocenters. The monoisotopic (exact) mass is 400 g/mol. The summed E-state index contributed by atoms with van der Waals surface area (Å²) in [5.41, 5.74) is -0.109. The quantitative estimate of drug-likeness (QED) is 0.794. The Morgan fingerprint density at radius 2 is 1.82 bits per heavy atom. The Morgan fingerprint density at radius 3 is 2.43 bits per heavy atom. The number of nitrogens with zero attached hydrogens (tertiary/aromatic N) is 1. The second kappa shape index (κ2) is 7.16. The molecule has 28 heavy (non-hydrogen) atoms. The number of thiophene rings is 1. The lowest BCUT2D eigenvalue weighted by Crippen LogP contribution is -2.53. The van der Waals surface area contributed by atoms with Crippen LogP contribution in [0.3, 0.4) is 0 Å². The number of carbonyl (C=O) groups excluding carboxylic acids is 2. The van der Waals surface area contributed by atoms with Gasteiger partial charge in [-0.3, -0.25) is 9.59 Å². The molecule has 2 heterocycles. The van der Waals surface area contributed by atoms with Crippen LogP contribution in [0.25, 0.3) is 0 Å². The molecule has 152 valence electrons. The number of carbonyl (C=O) groups is 2. The topological polar surface area (TPSA) is 49.4 Å². The van der Waals surface area contributed by atoms with Crippen LogP contribution in [0, 0.1) is 30.1 Å². The normalized spacial score (nSPS) is 36.1. The SMILES string of the molecule is Cc1ccc(C2CCCN2C(=O)CCNC(=O)C23CC4CC(CC(C4)C2)C3)s1. The van der Waals surface area contributed by atoms with Crippen molar-refractivity contribution >= 4 is 23.2 Å². The summed E-state index contributed by atoms with van der Waals surface area (Å²) in [4.78, 5) is 30.6. The molecule has 2 amide bonds. The van der Waals surface area contributed by atoms with Crippen LogP contribution in [0.5, 0.6) is 0 Å². The molecule has 0 spiro atoms. The number of aryl methyl sites for hydroxylation is 1. The molecule has 6 rings (SSSR count). The highest BCUT2D eigenvalue weighted by atomic mass is 32.1. The Bertz CT molecular complexity index is 735. The lowest BCUT2D eigenvalue weighted by atomic mass is 9.49. The number of rotatable bonds is 5. The van der Waals surface area contributed by atoms with E-state index >= 15 is 0 Å². The maximum atomic E-state index is 13.1. The lowest BCUT2D eigenvalue weighted by molar-refractivity contribution is -0.146. The van der Waals surface area contributed by atoms with Gasteiger partial charge < -0.3 is 10.2 Å². The fourth-order valence-electron chi connectivity index (χ4n) is 7.00. The third kappa shape index (κ3) is 3.30. The van der Waals surface area contributed by atoms with Crippen LogP contribution in [0.4, 0.5) is 0 Å². The third-order valence-electron chi connectivity index (χ3n) is 7.81. The van der Waals surface area contributed by atoms with Crippen molar-refractivity contribution in [3.8, 4) is 0 Å². The average Bonchev–Trinajstić information content (AvgIpc) is 3.29. The van der Waals surface area contributed by atoms with Crippen molar-refractivity contribution < 1.29 is 9.59 Å². The molecule has 5 aliphatic rings. The second-order valence-electron chi connectivity index (χ2n) is 9.90. The smallest absolute Gasteiger partial charge is 0.226 e. The van der Waals surface area contributed by atoms with E-state index < -0.39 is 0 Å². The van der Waals surface area contributed by atoms with Crippen molar-refractivity contribution in [3.63, 3.8) is 0 Å². The first kappa shape index (κ1) is 18.7. The number of hydrogen-bond acceptors (Lipinski definition) is 3. The van der Waals surface area contributed by atoms with E-state index in [1.807, 2.05) is 4.90 Å². The van der Waals surface area contributed by atoms with Crippen molar-refractivity contribution in [2.75, 3.05) is 13.1 Å². The van der Waals surface area contributed by atoms with E-state index in [1.165, 1.54) is 29.0 Å². The summed E-state index contributed by atoms with van der Waals surface area (Å²) in [6, 6.07) is 4.56. The molecule has 5 heteroatoms. The predicted octanol–water partition coefficient (Wildman–Crippen LogP) is 4.44. The Balaban J connectivity index is 1.16. The van der Waals surface area contributed by atoms with Crippen molar-refractivity contribution in [2.45, 2.75) is 70.8 Å². The zero-order chi connectivity index (χ0) is 19.3. The highest BCUT2D eigenvalue weighted by Crippen LogP contribution is 2.60. The fraction of sp³-hybridized carbons (Fsp3) is 0.739. The van der Waals surface area contributed by atoms with Crippen LogP contribution < -0.4 is 5.32 Å². The molecular weight excluding hydrogens is 368 g/mol. The molecule has 4 nitrogen and oxygen atoms in total. The summed E-state index contributed by atoms with van der Waals surface area (Å²) < 4.78 is 0. The van der Waals surface area contributed by atoms with Gasteiger partial charge in [0, 0.05) is 34.7 Å². The Kier molecular flexibility index (Phi) is 4.77. The lowest BCUT2D eigenvalue weighted by Gasteiger charge is -2.55. The van der Waals surface area contributed by atoms with E-state index in [0.717, 1.165) is 56.4 Å². The summed E-state index contributed by atoms with van der Waals surface area (Å²) in [6.07, 6.45) is 9.88. The van der Waals surface area contributed by atoms with Crippen molar-refractivity contribution in [1.29, 1.82) is 0 Å². The van der Waals surface area contributed by atoms with Crippen molar-refractivity contribution in [3.05, 3.63) is 21.9 Å². The Hall–Kier alpha value is -1.36. The summed E-state index contributed by atoms with van der Waals surface area (Å²) in [7, 11) is 0. The molecule has 1 atom stereocenters. The first-order valence-corrected chi connectivity index (χ1v) is 12.0. The number of likely N-dealkylation sites (tertiary alicyclic amines) is 1. The molecule has 1 saturated heterocycles. The van der Waals surface area contributed by atoms with Crippen LogP contribution in [0.2, 0.25) is 0 Å². The molecule has 5 fully saturated rings. The highest BCUT2D eigenvalue weighted by Gasteiger charge is 2.54. The highest BCUT2D eigenvalue weighted by molar-refractivity contribution is 7.12. The van der Waals surface area contributed by atoms with E-state index in [-0.39, 0.29) is 23.3 Å². The molecule has 1 aliphatic heterocycles. The largest absolute Gasteiger partial charge is 0.355 e. The zero-order valence-corrected chi connectivity index (χ0v) is 17.7. The van der Waals surface area contributed by atoms with E-state index in [1.54, 1.807) is 11.3 Å². The minimum atomic E-state index is -0.109. The Labute approximate surface area is 172 Å². The maximum absolute atomic E-state index is 13.1. The van der Waals surface area contributed by atoms with Gasteiger partial charge in [0.2, 0.25) is 11.8 Å². The van der Waals surface area contributed by atoms with E-state index in [4.69, 9.17) is 0 Å². The maximum Gasteiger partial charge on any atom is 0.226 e. The number of hydrogen-bond donors (Lipinski definition) is 1. The molecule has 1 N–H and O–H groups in total. The van der Waals surface area contributed by atoms with E-state index in [0.29, 0.717) is 13.0 Å². The van der Waals surface area contributed by atoms with Crippen LogP contribution >= 0.6 is 11.3 Å². The molecule has 4 bridgehead atoms. The van der Waals surface area contributed by atoms with Gasteiger partial charge in [-0.05, 0) is 88.2 Å². The van der Waals surface area contributed by atoms with Gasteiger partial charge in [-0.2, -0.15) is 0 Å². The molecule has 4 saturated carbocycles. The molecule has 0 radical (unpaired) electrons. The molecule has 4 aliphatic carbocycles. The zero-order valence-electron chi connectivity index (χ0n) is 16.9. The minimum Gasteiger partial charge on any atom is -0.355 e. The van der Waals surface area contributed by atoms with Gasteiger partial charge >= 0.3 is 0 Å². The average molecular weight is 401 g/mol. The van der Waals surface area contributed by atoms with E-state index in [9.17, 15) is 9.59 Å². The third-order valence-corrected chi connectivity index (χ3v) is 8.91. The molecule has 1 aromatic rings. The van der Waals surface area contributed by atoms with Gasteiger partial charge in [0.1, 0.15) is 0 Å². The van der Waals surface area contributed by atoms with Gasteiger partial charge in [0.05, 0.1) is 6.04 Å². The first-order valence-electron chi connectivity index (χ1n) is 11.2. The molecule has 1 aromatic heterocycles. The summed E-state index contributed by atoms with van der Waals surface area (Å²) in [5.74, 6) is 2.76.